The number of ether oxygens (including phenoxy) is 2. The summed E-state index contributed by atoms with van der Waals surface area (Å²) in [7, 11) is 3.27. The molecule has 6 aromatic rings. The molecule has 8 rings (SSSR count). The first kappa shape index (κ1) is 35.7. The van der Waals surface area contributed by atoms with Gasteiger partial charge in [0.2, 0.25) is 0 Å². The Morgan fingerprint density at radius 1 is 0.481 bits per heavy atom. The number of benzene rings is 6. The Balaban J connectivity index is 1.34. The summed E-state index contributed by atoms with van der Waals surface area (Å²) >= 11 is 12.9. The van der Waals surface area contributed by atoms with E-state index in [1.54, 1.807) is 14.2 Å². The lowest BCUT2D eigenvalue weighted by Crippen LogP contribution is -2.37. The van der Waals surface area contributed by atoms with Crippen LogP contribution in [0.4, 0.5) is 11.4 Å². The minimum atomic E-state index is -0.709. The Hall–Kier alpha value is -5.31. The van der Waals surface area contributed by atoms with Crippen LogP contribution in [0.2, 0.25) is 10.0 Å². The first-order valence-corrected chi connectivity index (χ1v) is 18.5. The highest BCUT2D eigenvalue weighted by Gasteiger charge is 2.57. The molecular weight excluding hydrogens is 719 g/mol. The van der Waals surface area contributed by atoms with Crippen LogP contribution in [0, 0.1) is 11.8 Å². The van der Waals surface area contributed by atoms with Crippen molar-refractivity contribution in [1.82, 2.24) is 0 Å². The minimum absolute atomic E-state index is 0.0200. The Labute approximate surface area is 325 Å². The molecule has 2 saturated heterocycles. The number of carbonyl (C=O) groups excluding carboxylic acids is 1. The van der Waals surface area contributed by atoms with Crippen molar-refractivity contribution in [2.24, 2.45) is 11.8 Å². The highest BCUT2D eigenvalue weighted by molar-refractivity contribution is 6.30. The topological polar surface area (TPSA) is 60.5 Å². The monoisotopic (exact) mass is 756 g/mol. The molecule has 272 valence electrons. The summed E-state index contributed by atoms with van der Waals surface area (Å²) in [5, 5.41) is 4.96. The van der Waals surface area contributed by atoms with E-state index in [9.17, 15) is 0 Å². The van der Waals surface area contributed by atoms with E-state index in [-0.39, 0.29) is 5.78 Å². The number of nitrogens with zero attached hydrogens (tertiary/aromatic N) is 2. The van der Waals surface area contributed by atoms with Gasteiger partial charge in [-0.1, -0.05) is 108 Å². The van der Waals surface area contributed by atoms with Gasteiger partial charge >= 0.3 is 0 Å². The molecule has 2 fully saturated rings. The lowest BCUT2D eigenvalue weighted by Gasteiger charge is -2.31. The summed E-state index contributed by atoms with van der Waals surface area (Å²) in [6, 6.07) is 49.5. The van der Waals surface area contributed by atoms with Crippen molar-refractivity contribution in [1.29, 1.82) is 0 Å². The molecule has 0 unspecified atom stereocenters. The lowest BCUT2D eigenvalue weighted by atomic mass is 9.73. The third kappa shape index (κ3) is 6.92. The van der Waals surface area contributed by atoms with Gasteiger partial charge in [-0.05, 0) is 95.1 Å². The highest BCUT2D eigenvalue weighted by atomic mass is 35.5. The second-order valence-electron chi connectivity index (χ2n) is 13.4. The summed E-state index contributed by atoms with van der Waals surface area (Å²) in [4.78, 5) is 30.2. The fourth-order valence-electron chi connectivity index (χ4n) is 7.68. The van der Waals surface area contributed by atoms with Gasteiger partial charge in [0.1, 0.15) is 29.5 Å². The molecule has 0 bridgehead atoms. The summed E-state index contributed by atoms with van der Waals surface area (Å²) in [5.41, 5.74) is 5.10. The predicted molar refractivity (Wildman–Crippen MR) is 212 cm³/mol. The van der Waals surface area contributed by atoms with Gasteiger partial charge in [-0.3, -0.25) is 14.5 Å². The third-order valence-electron chi connectivity index (χ3n) is 10.3. The van der Waals surface area contributed by atoms with Crippen molar-refractivity contribution < 1.29 is 23.9 Å². The molecule has 2 aliphatic heterocycles. The summed E-state index contributed by atoms with van der Waals surface area (Å²) < 4.78 is 11.0. The van der Waals surface area contributed by atoms with Gasteiger partial charge in [-0.2, -0.15) is 0 Å². The molecule has 2 aliphatic rings. The Bertz CT molecular complexity index is 2010. The molecule has 0 amide bonds. The maximum atomic E-state index is 16.2. The molecule has 2 heterocycles. The standard InChI is InChI=1S/C45H38Cl2N2O5/c1-51-37-25-17-31(18-26-37)44-39(41(29-13-21-33(46)22-14-29)48(53-44)35-9-5-3-6-10-35)43(50)40-42(30-15-23-34(47)24-16-30)49(36-11-7-4-8-12-36)54-45(40)32-19-27-38(52-2)28-20-32/h3-28,39-42,44-45H,1-2H3/t39-,40-,41+,42+,44-,45-/m1/s1. The third-order valence-corrected chi connectivity index (χ3v) is 10.8. The number of ketones is 1. The molecule has 0 radical (unpaired) electrons. The smallest absolute Gasteiger partial charge is 0.150 e. The van der Waals surface area contributed by atoms with Crippen LogP contribution in [0.5, 0.6) is 11.5 Å². The summed E-state index contributed by atoms with van der Waals surface area (Å²) in [6.45, 7) is 0. The van der Waals surface area contributed by atoms with Gasteiger partial charge in [-0.15, -0.1) is 0 Å². The van der Waals surface area contributed by atoms with Gasteiger partial charge in [0.05, 0.1) is 49.5 Å². The molecule has 0 N–H and O–H groups in total. The van der Waals surface area contributed by atoms with Gasteiger partial charge < -0.3 is 9.47 Å². The zero-order chi connectivity index (χ0) is 37.2. The second-order valence-corrected chi connectivity index (χ2v) is 14.2. The van der Waals surface area contributed by atoms with E-state index in [0.29, 0.717) is 21.5 Å². The number of anilines is 2. The molecular formula is C45H38Cl2N2O5. The molecule has 7 nitrogen and oxygen atoms in total. The molecule has 0 saturated carbocycles. The van der Waals surface area contributed by atoms with Crippen LogP contribution in [0.15, 0.2) is 158 Å². The minimum Gasteiger partial charge on any atom is -0.497 e. The Kier molecular flexibility index (Phi) is 10.3. The maximum Gasteiger partial charge on any atom is 0.150 e. The number of carbonyl (C=O) groups is 1. The number of hydrogen-bond acceptors (Lipinski definition) is 7. The highest BCUT2D eigenvalue weighted by Crippen LogP contribution is 2.56. The van der Waals surface area contributed by atoms with E-state index >= 15 is 4.79 Å². The number of methoxy groups -OCH3 is 2. The largest absolute Gasteiger partial charge is 0.497 e. The van der Waals surface area contributed by atoms with Crippen LogP contribution in [0.3, 0.4) is 0 Å². The van der Waals surface area contributed by atoms with Crippen LogP contribution < -0.4 is 19.6 Å². The number of rotatable bonds is 10. The molecule has 0 spiro atoms. The van der Waals surface area contributed by atoms with Crippen molar-refractivity contribution in [2.75, 3.05) is 24.3 Å². The number of Topliss-reactive ketones (excluding diaryl/α,β-unsaturated/α-hetero) is 1. The zero-order valence-corrected chi connectivity index (χ0v) is 31.2. The molecule has 6 aromatic carbocycles. The van der Waals surface area contributed by atoms with Gasteiger partial charge in [0, 0.05) is 10.0 Å². The lowest BCUT2D eigenvalue weighted by molar-refractivity contribution is -0.131. The normalized spacial score (nSPS) is 22.3. The van der Waals surface area contributed by atoms with E-state index < -0.39 is 36.1 Å². The van der Waals surface area contributed by atoms with E-state index in [1.807, 2.05) is 168 Å². The quantitative estimate of drug-likeness (QED) is 0.138. The second kappa shape index (κ2) is 15.6. The molecule has 0 aliphatic carbocycles. The van der Waals surface area contributed by atoms with E-state index in [2.05, 4.69) is 0 Å². The van der Waals surface area contributed by atoms with Crippen molar-refractivity contribution >= 4 is 40.4 Å². The average molecular weight is 758 g/mol. The Morgan fingerprint density at radius 3 is 1.15 bits per heavy atom. The maximum absolute atomic E-state index is 16.2. The zero-order valence-electron chi connectivity index (χ0n) is 29.7. The van der Waals surface area contributed by atoms with Gasteiger partial charge in [0.25, 0.3) is 0 Å². The van der Waals surface area contributed by atoms with Crippen LogP contribution >= 0.6 is 23.2 Å². The summed E-state index contributed by atoms with van der Waals surface area (Å²) in [5.74, 6) is -0.0228. The van der Waals surface area contributed by atoms with Crippen molar-refractivity contribution in [3.05, 3.63) is 190 Å². The van der Waals surface area contributed by atoms with E-state index in [0.717, 1.165) is 33.6 Å². The number of hydroxylamine groups is 2. The van der Waals surface area contributed by atoms with Gasteiger partial charge in [-0.25, -0.2) is 10.1 Å². The van der Waals surface area contributed by atoms with Crippen LogP contribution in [0.1, 0.15) is 46.5 Å². The van der Waals surface area contributed by atoms with Crippen molar-refractivity contribution in [3.63, 3.8) is 0 Å². The van der Waals surface area contributed by atoms with Crippen LogP contribution in [0.25, 0.3) is 0 Å². The molecule has 9 heteroatoms. The van der Waals surface area contributed by atoms with Gasteiger partial charge in [0.15, 0.2) is 0 Å². The van der Waals surface area contributed by atoms with E-state index in [1.165, 1.54) is 0 Å². The summed E-state index contributed by atoms with van der Waals surface area (Å²) in [6.07, 6.45) is -1.34. The number of halogens is 2. The predicted octanol–water partition coefficient (Wildman–Crippen LogP) is 11.0. The number of hydrogen-bond donors (Lipinski definition) is 0. The van der Waals surface area contributed by atoms with Crippen molar-refractivity contribution in [2.45, 2.75) is 24.3 Å². The van der Waals surface area contributed by atoms with Crippen molar-refractivity contribution in [3.8, 4) is 11.5 Å². The fraction of sp³-hybridized carbons (Fsp3) is 0.178. The van der Waals surface area contributed by atoms with Crippen LogP contribution in [-0.4, -0.2) is 20.0 Å². The first-order chi connectivity index (χ1) is 26.4. The molecule has 54 heavy (non-hydrogen) atoms. The Morgan fingerprint density at radius 2 is 0.815 bits per heavy atom. The van der Waals surface area contributed by atoms with E-state index in [4.69, 9.17) is 42.4 Å². The fourth-order valence-corrected chi connectivity index (χ4v) is 7.94. The van der Waals surface area contributed by atoms with Crippen LogP contribution in [-0.2, 0) is 14.5 Å². The molecule has 6 atom stereocenters. The number of para-hydroxylation sites is 2. The molecule has 0 aromatic heterocycles. The average Bonchev–Trinajstić information content (AvgIpc) is 3.83. The SMILES string of the molecule is COc1ccc([C@H]2ON(c3ccccc3)[C@@H](c3ccc(Cl)cc3)[C@@H]2C(=O)[C@@H]2[C@@H](c3ccc(OC)cc3)ON(c3ccccc3)[C@H]2c2ccc(Cl)cc2)cc1. The first-order valence-electron chi connectivity index (χ1n) is 17.8.